The minimum Gasteiger partial charge on any atom is -0.494 e. The monoisotopic (exact) mass is 410 g/mol. The van der Waals surface area contributed by atoms with Crippen LogP contribution in [0.5, 0.6) is 5.75 Å². The van der Waals surface area contributed by atoms with Gasteiger partial charge in [-0.15, -0.1) is 0 Å². The first-order chi connectivity index (χ1) is 14.7. The molecule has 0 amide bonds. The first-order valence-corrected chi connectivity index (χ1v) is 11.7. The third kappa shape index (κ3) is 8.22. The molecule has 0 aliphatic carbocycles. The van der Waals surface area contributed by atoms with Gasteiger partial charge in [-0.05, 0) is 54.2 Å². The Balaban J connectivity index is 2.00. The van der Waals surface area contributed by atoms with E-state index in [9.17, 15) is 9.90 Å². The molecule has 0 saturated heterocycles. The van der Waals surface area contributed by atoms with Gasteiger partial charge in [-0.3, -0.25) is 0 Å². The molecule has 0 atom stereocenters. The second-order valence-corrected chi connectivity index (χ2v) is 8.14. The van der Waals surface area contributed by atoms with Crippen molar-refractivity contribution in [1.82, 2.24) is 0 Å². The van der Waals surface area contributed by atoms with Crippen LogP contribution in [0, 0.1) is 0 Å². The van der Waals surface area contributed by atoms with Crippen molar-refractivity contribution in [2.24, 2.45) is 0 Å². The second-order valence-electron chi connectivity index (χ2n) is 8.14. The molecule has 30 heavy (non-hydrogen) atoms. The van der Waals surface area contributed by atoms with Crippen molar-refractivity contribution in [3.05, 3.63) is 53.6 Å². The van der Waals surface area contributed by atoms with E-state index in [1.54, 1.807) is 6.07 Å². The molecule has 164 valence electrons. The largest absolute Gasteiger partial charge is 0.494 e. The Morgan fingerprint density at radius 3 is 2.10 bits per heavy atom. The van der Waals surface area contributed by atoms with Gasteiger partial charge in [-0.2, -0.15) is 0 Å². The molecule has 0 heterocycles. The van der Waals surface area contributed by atoms with Crippen LogP contribution in [0.25, 0.3) is 11.1 Å². The molecular weight excluding hydrogens is 372 g/mol. The summed E-state index contributed by atoms with van der Waals surface area (Å²) < 4.78 is 5.82. The number of hydrogen-bond donors (Lipinski definition) is 1. The van der Waals surface area contributed by atoms with E-state index in [1.807, 2.05) is 30.3 Å². The van der Waals surface area contributed by atoms with Gasteiger partial charge in [0.25, 0.3) is 0 Å². The smallest absolute Gasteiger partial charge is 0.336 e. The zero-order valence-electron chi connectivity index (χ0n) is 18.8. The van der Waals surface area contributed by atoms with E-state index in [0.717, 1.165) is 42.7 Å². The maximum atomic E-state index is 11.7. The molecule has 0 aromatic heterocycles. The van der Waals surface area contributed by atoms with E-state index in [1.165, 1.54) is 56.9 Å². The fourth-order valence-electron chi connectivity index (χ4n) is 3.73. The van der Waals surface area contributed by atoms with Crippen molar-refractivity contribution in [2.75, 3.05) is 6.61 Å². The zero-order chi connectivity index (χ0) is 21.6. The van der Waals surface area contributed by atoms with Gasteiger partial charge in [-0.25, -0.2) is 4.79 Å². The Hall–Kier alpha value is -2.29. The number of aromatic carboxylic acids is 1. The van der Waals surface area contributed by atoms with E-state index in [-0.39, 0.29) is 0 Å². The number of carboxylic acids is 1. The van der Waals surface area contributed by atoms with Crippen LogP contribution in [0.15, 0.2) is 42.5 Å². The molecule has 0 spiro atoms. The zero-order valence-corrected chi connectivity index (χ0v) is 18.8. The first kappa shape index (κ1) is 24.0. The summed E-state index contributed by atoms with van der Waals surface area (Å²) >= 11 is 0. The first-order valence-electron chi connectivity index (χ1n) is 11.7. The van der Waals surface area contributed by atoms with Crippen molar-refractivity contribution in [3.8, 4) is 16.9 Å². The molecule has 0 bridgehead atoms. The topological polar surface area (TPSA) is 46.5 Å². The maximum Gasteiger partial charge on any atom is 0.336 e. The van der Waals surface area contributed by atoms with Gasteiger partial charge in [0.2, 0.25) is 0 Å². The third-order valence-electron chi connectivity index (χ3n) is 5.57. The Kier molecular flexibility index (Phi) is 11.1. The van der Waals surface area contributed by atoms with Crippen LogP contribution in [0.3, 0.4) is 0 Å². The highest BCUT2D eigenvalue weighted by Gasteiger charge is 2.13. The van der Waals surface area contributed by atoms with Crippen LogP contribution in [0.4, 0.5) is 0 Å². The van der Waals surface area contributed by atoms with Crippen LogP contribution in [-0.4, -0.2) is 17.7 Å². The maximum absolute atomic E-state index is 11.7. The number of rotatable bonds is 15. The van der Waals surface area contributed by atoms with E-state index < -0.39 is 5.97 Å². The number of hydrogen-bond acceptors (Lipinski definition) is 2. The average Bonchev–Trinajstić information content (AvgIpc) is 2.76. The molecule has 3 heteroatoms. The van der Waals surface area contributed by atoms with Gasteiger partial charge in [0.05, 0.1) is 12.2 Å². The highest BCUT2D eigenvalue weighted by atomic mass is 16.5. The van der Waals surface area contributed by atoms with Gasteiger partial charge in [0, 0.05) is 0 Å². The molecule has 2 aromatic rings. The standard InChI is InChI=1S/C27H38O3/c1-3-5-7-9-10-11-13-22-14-19-25(27(28)29)26(21-22)23-15-17-24(18-16-23)30-20-12-8-6-4-2/h14-19,21H,3-13,20H2,1-2H3,(H,28,29). The molecule has 0 saturated carbocycles. The normalized spacial score (nSPS) is 10.9. The van der Waals surface area contributed by atoms with Crippen molar-refractivity contribution in [3.63, 3.8) is 0 Å². The van der Waals surface area contributed by atoms with Crippen molar-refractivity contribution in [1.29, 1.82) is 0 Å². The summed E-state index contributed by atoms with van der Waals surface area (Å²) in [7, 11) is 0. The summed E-state index contributed by atoms with van der Waals surface area (Å²) in [5.74, 6) is -0.0391. The molecule has 0 radical (unpaired) electrons. The van der Waals surface area contributed by atoms with Crippen LogP contribution < -0.4 is 4.74 Å². The quantitative estimate of drug-likeness (QED) is 0.303. The van der Waals surface area contributed by atoms with E-state index in [4.69, 9.17) is 4.74 Å². The minimum absolute atomic E-state index is 0.356. The van der Waals surface area contributed by atoms with Gasteiger partial charge >= 0.3 is 5.97 Å². The summed E-state index contributed by atoms with van der Waals surface area (Å²) in [6, 6.07) is 13.6. The highest BCUT2D eigenvalue weighted by Crippen LogP contribution is 2.28. The van der Waals surface area contributed by atoms with E-state index >= 15 is 0 Å². The predicted molar refractivity (Wildman–Crippen MR) is 126 cm³/mol. The number of aryl methyl sites for hydroxylation is 1. The Morgan fingerprint density at radius 2 is 1.43 bits per heavy atom. The molecule has 3 nitrogen and oxygen atoms in total. The number of carboxylic acid groups (broad SMARTS) is 1. The molecule has 0 unspecified atom stereocenters. The lowest BCUT2D eigenvalue weighted by Crippen LogP contribution is -2.01. The lowest BCUT2D eigenvalue weighted by molar-refractivity contribution is 0.0697. The number of carbonyl (C=O) groups is 1. The molecular formula is C27H38O3. The number of unbranched alkanes of at least 4 members (excludes halogenated alkanes) is 8. The molecule has 2 rings (SSSR count). The summed E-state index contributed by atoms with van der Waals surface area (Å²) in [5.41, 5.74) is 3.28. The van der Waals surface area contributed by atoms with Crippen molar-refractivity contribution < 1.29 is 14.6 Å². The highest BCUT2D eigenvalue weighted by molar-refractivity contribution is 5.96. The molecule has 0 aliphatic rings. The van der Waals surface area contributed by atoms with E-state index in [2.05, 4.69) is 19.9 Å². The molecule has 2 aromatic carbocycles. The number of benzene rings is 2. The summed E-state index contributed by atoms with van der Waals surface area (Å²) in [6.07, 6.45) is 13.3. The molecule has 0 fully saturated rings. The summed E-state index contributed by atoms with van der Waals surface area (Å²) in [4.78, 5) is 11.7. The molecule has 0 aliphatic heterocycles. The van der Waals surface area contributed by atoms with E-state index in [0.29, 0.717) is 5.56 Å². The Morgan fingerprint density at radius 1 is 0.800 bits per heavy atom. The lowest BCUT2D eigenvalue weighted by atomic mass is 9.95. The summed E-state index contributed by atoms with van der Waals surface area (Å²) in [6.45, 7) is 5.17. The Bertz CT molecular complexity index is 749. The Labute approximate surface area is 182 Å². The SMILES string of the molecule is CCCCCCCCc1ccc(C(=O)O)c(-c2ccc(OCCCCCC)cc2)c1. The van der Waals surface area contributed by atoms with Gasteiger partial charge in [0.15, 0.2) is 0 Å². The number of ether oxygens (including phenoxy) is 1. The van der Waals surface area contributed by atoms with Crippen LogP contribution in [0.1, 0.15) is 94.0 Å². The van der Waals surface area contributed by atoms with Crippen LogP contribution in [0.2, 0.25) is 0 Å². The van der Waals surface area contributed by atoms with Gasteiger partial charge in [-0.1, -0.05) is 89.5 Å². The van der Waals surface area contributed by atoms with Crippen LogP contribution >= 0.6 is 0 Å². The van der Waals surface area contributed by atoms with Gasteiger partial charge in [0.1, 0.15) is 5.75 Å². The second kappa shape index (κ2) is 13.8. The minimum atomic E-state index is -0.882. The third-order valence-corrected chi connectivity index (χ3v) is 5.57. The fraction of sp³-hybridized carbons (Fsp3) is 0.519. The fourth-order valence-corrected chi connectivity index (χ4v) is 3.73. The van der Waals surface area contributed by atoms with Crippen molar-refractivity contribution >= 4 is 5.97 Å². The van der Waals surface area contributed by atoms with Crippen molar-refractivity contribution in [2.45, 2.75) is 84.5 Å². The van der Waals surface area contributed by atoms with Gasteiger partial charge < -0.3 is 9.84 Å². The molecule has 1 N–H and O–H groups in total. The predicted octanol–water partition coefficient (Wildman–Crippen LogP) is 7.91. The average molecular weight is 411 g/mol. The lowest BCUT2D eigenvalue weighted by Gasteiger charge is -2.11. The van der Waals surface area contributed by atoms with Crippen LogP contribution in [-0.2, 0) is 6.42 Å². The summed E-state index contributed by atoms with van der Waals surface area (Å²) in [5, 5.41) is 9.63.